The molecular formula is C22H23N3O. The highest BCUT2D eigenvalue weighted by Crippen LogP contribution is 2.02. The highest BCUT2D eigenvalue weighted by Gasteiger charge is 1.75. The summed E-state index contributed by atoms with van der Waals surface area (Å²) < 4.78 is 0. The van der Waals surface area contributed by atoms with Gasteiger partial charge in [-0.3, -0.25) is 9.97 Å². The number of nitrogen functional groups attached to an aromatic ring is 1. The molecule has 0 bridgehead atoms. The summed E-state index contributed by atoms with van der Waals surface area (Å²) in [7, 11) is 0. The van der Waals surface area contributed by atoms with Gasteiger partial charge in [0, 0.05) is 30.5 Å². The molecule has 0 fully saturated rings. The molecule has 0 radical (unpaired) electrons. The molecule has 26 heavy (non-hydrogen) atoms. The molecule has 0 spiro atoms. The average Bonchev–Trinajstić information content (AvgIpc) is 2.73. The number of hydrogen-bond donors (Lipinski definition) is 2. The van der Waals surface area contributed by atoms with Crippen LogP contribution >= 0.6 is 0 Å². The zero-order chi connectivity index (χ0) is 18.7. The van der Waals surface area contributed by atoms with Crippen LogP contribution in [0.15, 0.2) is 122 Å². The van der Waals surface area contributed by atoms with Gasteiger partial charge < -0.3 is 10.8 Å². The van der Waals surface area contributed by atoms with E-state index in [0.29, 0.717) is 5.75 Å². The maximum absolute atomic E-state index is 8.63. The summed E-state index contributed by atoms with van der Waals surface area (Å²) in [5, 5.41) is 8.63. The van der Waals surface area contributed by atoms with Crippen LogP contribution in [-0.2, 0) is 0 Å². The van der Waals surface area contributed by atoms with Gasteiger partial charge in [0.25, 0.3) is 0 Å². The van der Waals surface area contributed by atoms with E-state index >= 15 is 0 Å². The van der Waals surface area contributed by atoms with E-state index in [1.807, 2.05) is 72.8 Å². The van der Waals surface area contributed by atoms with Gasteiger partial charge in [0.2, 0.25) is 0 Å². The number of pyridine rings is 2. The summed E-state index contributed by atoms with van der Waals surface area (Å²) in [6.07, 6.45) is 7.00. The van der Waals surface area contributed by atoms with Gasteiger partial charge in [-0.2, -0.15) is 0 Å². The molecule has 132 valence electrons. The minimum atomic E-state index is 0.322. The molecule has 2 aromatic heterocycles. The quantitative estimate of drug-likeness (QED) is 0.448. The van der Waals surface area contributed by atoms with Gasteiger partial charge in [-0.1, -0.05) is 48.5 Å². The van der Waals surface area contributed by atoms with Crippen molar-refractivity contribution in [1.82, 2.24) is 9.97 Å². The van der Waals surface area contributed by atoms with Crippen molar-refractivity contribution in [3.63, 3.8) is 0 Å². The van der Waals surface area contributed by atoms with Gasteiger partial charge in [-0.25, -0.2) is 0 Å². The summed E-state index contributed by atoms with van der Waals surface area (Å²) in [5.41, 5.74) is 6.18. The number of aromatic hydroxyl groups is 1. The summed E-state index contributed by atoms with van der Waals surface area (Å²) in [5.74, 6) is 0.322. The highest BCUT2D eigenvalue weighted by atomic mass is 16.3. The number of anilines is 1. The second-order valence-electron chi connectivity index (χ2n) is 4.80. The highest BCUT2D eigenvalue weighted by molar-refractivity contribution is 5.35. The second kappa shape index (κ2) is 14.9. The van der Waals surface area contributed by atoms with Gasteiger partial charge in [-0.05, 0) is 48.5 Å². The summed E-state index contributed by atoms with van der Waals surface area (Å²) >= 11 is 0. The lowest BCUT2D eigenvalue weighted by molar-refractivity contribution is 0.475. The Kier molecular flexibility index (Phi) is 11.7. The SMILES string of the molecule is Nc1ccccc1.Oc1ccccc1.c1ccncc1.c1ccncc1. The van der Waals surface area contributed by atoms with Crippen LogP contribution in [0.1, 0.15) is 0 Å². The molecule has 4 rings (SSSR count). The van der Waals surface area contributed by atoms with E-state index in [1.54, 1.807) is 49.1 Å². The molecule has 4 aromatic rings. The smallest absolute Gasteiger partial charge is 0.115 e. The Morgan fingerprint density at radius 3 is 1.00 bits per heavy atom. The fourth-order valence-electron chi connectivity index (χ4n) is 1.51. The van der Waals surface area contributed by atoms with Crippen LogP contribution in [0, 0.1) is 0 Å². The zero-order valence-electron chi connectivity index (χ0n) is 14.5. The zero-order valence-corrected chi connectivity index (χ0v) is 14.5. The lowest BCUT2D eigenvalue weighted by Crippen LogP contribution is -1.79. The van der Waals surface area contributed by atoms with Crippen molar-refractivity contribution >= 4 is 5.69 Å². The number of aromatic nitrogens is 2. The number of hydrogen-bond acceptors (Lipinski definition) is 4. The molecule has 0 unspecified atom stereocenters. The second-order valence-corrected chi connectivity index (χ2v) is 4.80. The van der Waals surface area contributed by atoms with E-state index in [9.17, 15) is 0 Å². The maximum Gasteiger partial charge on any atom is 0.115 e. The topological polar surface area (TPSA) is 72.0 Å². The van der Waals surface area contributed by atoms with Crippen molar-refractivity contribution in [2.45, 2.75) is 0 Å². The Hall–Kier alpha value is -3.66. The largest absolute Gasteiger partial charge is 0.508 e. The van der Waals surface area contributed by atoms with E-state index in [2.05, 4.69) is 9.97 Å². The predicted molar refractivity (Wildman–Crippen MR) is 107 cm³/mol. The van der Waals surface area contributed by atoms with Crippen molar-refractivity contribution in [1.29, 1.82) is 0 Å². The van der Waals surface area contributed by atoms with Crippen LogP contribution in [0.3, 0.4) is 0 Å². The molecule has 0 aliphatic heterocycles. The minimum absolute atomic E-state index is 0.322. The van der Waals surface area contributed by atoms with E-state index in [1.165, 1.54) is 0 Å². The Labute approximate surface area is 154 Å². The fourth-order valence-corrected chi connectivity index (χ4v) is 1.51. The van der Waals surface area contributed by atoms with Gasteiger partial charge in [0.05, 0.1) is 0 Å². The van der Waals surface area contributed by atoms with Crippen molar-refractivity contribution in [2.75, 3.05) is 5.73 Å². The average molecular weight is 345 g/mol. The molecular weight excluding hydrogens is 322 g/mol. The minimum Gasteiger partial charge on any atom is -0.508 e. The number of phenols is 1. The molecule has 4 heteroatoms. The van der Waals surface area contributed by atoms with Crippen LogP contribution in [0.25, 0.3) is 0 Å². The van der Waals surface area contributed by atoms with Crippen LogP contribution < -0.4 is 5.73 Å². The van der Waals surface area contributed by atoms with Crippen LogP contribution in [-0.4, -0.2) is 15.1 Å². The van der Waals surface area contributed by atoms with Crippen LogP contribution in [0.4, 0.5) is 5.69 Å². The first-order valence-electron chi connectivity index (χ1n) is 8.03. The monoisotopic (exact) mass is 345 g/mol. The molecule has 0 aliphatic carbocycles. The molecule has 0 atom stereocenters. The van der Waals surface area contributed by atoms with Crippen molar-refractivity contribution in [2.24, 2.45) is 0 Å². The molecule has 0 aliphatic rings. The van der Waals surface area contributed by atoms with E-state index in [4.69, 9.17) is 10.8 Å². The van der Waals surface area contributed by atoms with Gasteiger partial charge >= 0.3 is 0 Å². The van der Waals surface area contributed by atoms with Crippen LogP contribution in [0.2, 0.25) is 0 Å². The van der Waals surface area contributed by atoms with Gasteiger partial charge in [0.15, 0.2) is 0 Å². The van der Waals surface area contributed by atoms with Gasteiger partial charge in [0.1, 0.15) is 5.75 Å². The Morgan fingerprint density at radius 2 is 0.846 bits per heavy atom. The van der Waals surface area contributed by atoms with E-state index in [0.717, 1.165) is 5.69 Å². The summed E-state index contributed by atoms with van der Waals surface area (Å²) in [6.45, 7) is 0. The third-order valence-electron chi connectivity index (χ3n) is 2.69. The molecule has 0 saturated carbocycles. The molecule has 2 heterocycles. The van der Waals surface area contributed by atoms with E-state index < -0.39 is 0 Å². The first-order valence-corrected chi connectivity index (χ1v) is 8.03. The summed E-state index contributed by atoms with van der Waals surface area (Å²) in [4.78, 5) is 7.57. The number of nitrogens with zero attached hydrogens (tertiary/aromatic N) is 2. The fraction of sp³-hybridized carbons (Fsp3) is 0. The maximum atomic E-state index is 8.63. The normalized spacial score (nSPS) is 8.31. The van der Waals surface area contributed by atoms with Crippen molar-refractivity contribution < 1.29 is 5.11 Å². The Balaban J connectivity index is 0.000000174. The predicted octanol–water partition coefficient (Wildman–Crippen LogP) is 4.82. The number of para-hydroxylation sites is 2. The molecule has 4 nitrogen and oxygen atoms in total. The van der Waals surface area contributed by atoms with Crippen molar-refractivity contribution in [3.05, 3.63) is 122 Å². The molecule has 3 N–H and O–H groups in total. The number of rotatable bonds is 0. The first-order chi connectivity index (χ1) is 12.8. The third kappa shape index (κ3) is 12.8. The lowest BCUT2D eigenvalue weighted by Gasteiger charge is -1.83. The third-order valence-corrected chi connectivity index (χ3v) is 2.69. The molecule has 0 saturated heterocycles. The standard InChI is InChI=1S/C6H7N.C6H6O.2C5H5N/c2*7-6-4-2-1-3-5-6;2*1-2-4-6-5-3-1/h1-5H,7H2;1-5,7H;2*1-5H. The summed E-state index contributed by atoms with van der Waals surface area (Å²) in [6, 6.07) is 29.6. The Morgan fingerprint density at radius 1 is 0.500 bits per heavy atom. The van der Waals surface area contributed by atoms with Crippen LogP contribution in [0.5, 0.6) is 5.75 Å². The molecule has 2 aromatic carbocycles. The number of benzene rings is 2. The van der Waals surface area contributed by atoms with Crippen molar-refractivity contribution in [3.8, 4) is 5.75 Å². The number of phenolic OH excluding ortho intramolecular Hbond substituents is 1. The van der Waals surface area contributed by atoms with Gasteiger partial charge in [-0.15, -0.1) is 0 Å². The van der Waals surface area contributed by atoms with E-state index in [-0.39, 0.29) is 0 Å². The first kappa shape index (κ1) is 20.4. The lowest BCUT2D eigenvalue weighted by atomic mass is 10.3. The Bertz CT molecular complexity index is 629. The number of nitrogens with two attached hydrogens (primary N) is 1. The molecule has 0 amide bonds.